The predicted octanol–water partition coefficient (Wildman–Crippen LogP) is 2.14. The maximum atomic E-state index is 10.8. The Morgan fingerprint density at radius 3 is 2.25 bits per heavy atom. The van der Waals surface area contributed by atoms with Crippen molar-refractivity contribution in [2.75, 3.05) is 0 Å². The van der Waals surface area contributed by atoms with Crippen molar-refractivity contribution in [3.63, 3.8) is 0 Å². The highest BCUT2D eigenvalue weighted by atomic mass is 32.1. The predicted molar refractivity (Wildman–Crippen MR) is 65.2 cm³/mol. The van der Waals surface area contributed by atoms with Crippen LogP contribution in [-0.2, 0) is 11.2 Å². The average molecular weight is 230 g/mol. The van der Waals surface area contributed by atoms with E-state index in [1.807, 2.05) is 30.3 Å². The summed E-state index contributed by atoms with van der Waals surface area (Å²) in [5, 5.41) is -0.229. The molecular formula is C12H10N2OS. The van der Waals surface area contributed by atoms with E-state index in [9.17, 15) is 4.79 Å². The molecule has 0 aliphatic heterocycles. The van der Waals surface area contributed by atoms with E-state index in [0.29, 0.717) is 5.82 Å². The molecule has 0 fully saturated rings. The summed E-state index contributed by atoms with van der Waals surface area (Å²) in [6.07, 6.45) is 3.60. The van der Waals surface area contributed by atoms with Gasteiger partial charge in [-0.15, -0.1) is 12.6 Å². The summed E-state index contributed by atoms with van der Waals surface area (Å²) in [5.74, 6) is 0.500. The van der Waals surface area contributed by atoms with Crippen molar-refractivity contribution in [3.8, 4) is 11.1 Å². The van der Waals surface area contributed by atoms with Crippen LogP contribution in [0.15, 0.2) is 42.7 Å². The van der Waals surface area contributed by atoms with Crippen molar-refractivity contribution in [3.05, 3.63) is 48.5 Å². The maximum Gasteiger partial charge on any atom is 0.193 e. The Kier molecular flexibility index (Phi) is 3.31. The molecule has 0 N–H and O–H groups in total. The third kappa shape index (κ3) is 2.67. The van der Waals surface area contributed by atoms with Crippen LogP contribution in [-0.4, -0.2) is 15.1 Å². The second-order valence-corrected chi connectivity index (χ2v) is 3.82. The SMILES string of the molecule is O=C(S)Cc1ncc(-c2ccccc2)cn1. The van der Waals surface area contributed by atoms with Crippen molar-refractivity contribution in [2.45, 2.75) is 6.42 Å². The zero-order valence-corrected chi connectivity index (χ0v) is 9.39. The summed E-state index contributed by atoms with van der Waals surface area (Å²) < 4.78 is 0. The molecule has 4 heteroatoms. The van der Waals surface area contributed by atoms with Gasteiger partial charge in [0.1, 0.15) is 5.82 Å². The van der Waals surface area contributed by atoms with Crippen LogP contribution in [0.4, 0.5) is 0 Å². The average Bonchev–Trinajstić information content (AvgIpc) is 2.30. The van der Waals surface area contributed by atoms with E-state index in [4.69, 9.17) is 0 Å². The molecule has 0 amide bonds. The molecule has 1 heterocycles. The van der Waals surface area contributed by atoms with Gasteiger partial charge in [-0.05, 0) is 5.56 Å². The molecule has 0 aliphatic rings. The standard InChI is InChI=1S/C12H10N2OS/c15-12(16)6-11-13-7-10(8-14-11)9-4-2-1-3-5-9/h1-5,7-8H,6H2,(H,15,16). The first-order valence-corrected chi connectivity index (χ1v) is 5.28. The van der Waals surface area contributed by atoms with Crippen LogP contribution in [0.2, 0.25) is 0 Å². The normalized spacial score (nSPS) is 10.1. The molecule has 16 heavy (non-hydrogen) atoms. The van der Waals surface area contributed by atoms with Crippen molar-refractivity contribution in [1.29, 1.82) is 0 Å². The van der Waals surface area contributed by atoms with Crippen LogP contribution in [0, 0.1) is 0 Å². The molecule has 0 aliphatic carbocycles. The van der Waals surface area contributed by atoms with Crippen molar-refractivity contribution < 1.29 is 4.79 Å². The molecular weight excluding hydrogens is 220 g/mol. The van der Waals surface area contributed by atoms with Crippen LogP contribution in [0.25, 0.3) is 11.1 Å². The fraction of sp³-hybridized carbons (Fsp3) is 0.0833. The lowest BCUT2D eigenvalue weighted by atomic mass is 10.1. The van der Waals surface area contributed by atoms with Gasteiger partial charge in [0.25, 0.3) is 0 Å². The highest BCUT2D eigenvalue weighted by molar-refractivity contribution is 7.96. The Morgan fingerprint density at radius 2 is 1.69 bits per heavy atom. The highest BCUT2D eigenvalue weighted by Gasteiger charge is 2.02. The highest BCUT2D eigenvalue weighted by Crippen LogP contribution is 2.16. The van der Waals surface area contributed by atoms with Crippen molar-refractivity contribution in [1.82, 2.24) is 9.97 Å². The Balaban J connectivity index is 2.23. The van der Waals surface area contributed by atoms with Gasteiger partial charge in [-0.1, -0.05) is 30.3 Å². The number of benzene rings is 1. The van der Waals surface area contributed by atoms with Crippen LogP contribution >= 0.6 is 12.6 Å². The van der Waals surface area contributed by atoms with E-state index in [1.54, 1.807) is 12.4 Å². The third-order valence-corrected chi connectivity index (χ3v) is 2.28. The number of rotatable bonds is 3. The summed E-state index contributed by atoms with van der Waals surface area (Å²) in [5.41, 5.74) is 2.00. The molecule has 1 aromatic carbocycles. The maximum absolute atomic E-state index is 10.8. The van der Waals surface area contributed by atoms with Gasteiger partial charge >= 0.3 is 0 Å². The molecule has 2 aromatic rings. The minimum atomic E-state index is -0.229. The number of nitrogens with zero attached hydrogens (tertiary/aromatic N) is 2. The van der Waals surface area contributed by atoms with Crippen LogP contribution < -0.4 is 0 Å². The molecule has 80 valence electrons. The first-order chi connectivity index (χ1) is 7.75. The smallest absolute Gasteiger partial charge is 0.193 e. The summed E-state index contributed by atoms with van der Waals surface area (Å²) in [6.45, 7) is 0. The summed E-state index contributed by atoms with van der Waals surface area (Å²) in [6, 6.07) is 9.85. The first-order valence-electron chi connectivity index (χ1n) is 4.84. The second kappa shape index (κ2) is 4.90. The first kappa shape index (κ1) is 10.8. The largest absolute Gasteiger partial charge is 0.287 e. The Labute approximate surface area is 99.0 Å². The molecule has 0 atom stereocenters. The summed E-state index contributed by atoms with van der Waals surface area (Å²) in [7, 11) is 0. The molecule has 0 radical (unpaired) electrons. The summed E-state index contributed by atoms with van der Waals surface area (Å²) >= 11 is 3.69. The van der Waals surface area contributed by atoms with E-state index in [1.165, 1.54) is 0 Å². The van der Waals surface area contributed by atoms with Gasteiger partial charge in [-0.3, -0.25) is 4.79 Å². The fourth-order valence-electron chi connectivity index (χ4n) is 1.36. The van der Waals surface area contributed by atoms with E-state index in [-0.39, 0.29) is 11.5 Å². The fourth-order valence-corrected chi connectivity index (χ4v) is 1.50. The molecule has 1 aromatic heterocycles. The van der Waals surface area contributed by atoms with Gasteiger partial charge in [0, 0.05) is 18.0 Å². The monoisotopic (exact) mass is 230 g/mol. The lowest BCUT2D eigenvalue weighted by Gasteiger charge is -2.01. The topological polar surface area (TPSA) is 42.9 Å². The second-order valence-electron chi connectivity index (χ2n) is 3.32. The number of hydrogen-bond acceptors (Lipinski definition) is 3. The molecule has 0 saturated carbocycles. The van der Waals surface area contributed by atoms with E-state index < -0.39 is 0 Å². The van der Waals surface area contributed by atoms with Gasteiger partial charge in [0.15, 0.2) is 5.12 Å². The number of carbonyl (C=O) groups excluding carboxylic acids is 1. The molecule has 2 rings (SSSR count). The van der Waals surface area contributed by atoms with Crippen molar-refractivity contribution in [2.24, 2.45) is 0 Å². The lowest BCUT2D eigenvalue weighted by Crippen LogP contribution is -2.00. The van der Waals surface area contributed by atoms with Gasteiger partial charge in [0.2, 0.25) is 0 Å². The lowest BCUT2D eigenvalue weighted by molar-refractivity contribution is -0.110. The number of aromatic nitrogens is 2. The van der Waals surface area contributed by atoms with E-state index >= 15 is 0 Å². The molecule has 0 spiro atoms. The third-order valence-electron chi connectivity index (χ3n) is 2.12. The quantitative estimate of drug-likeness (QED) is 0.821. The van der Waals surface area contributed by atoms with Gasteiger partial charge < -0.3 is 0 Å². The molecule has 0 saturated heterocycles. The van der Waals surface area contributed by atoms with Gasteiger partial charge in [-0.25, -0.2) is 9.97 Å². The minimum Gasteiger partial charge on any atom is -0.287 e. The van der Waals surface area contributed by atoms with Gasteiger partial charge in [0.05, 0.1) is 6.42 Å². The van der Waals surface area contributed by atoms with E-state index in [2.05, 4.69) is 22.6 Å². The number of thiol groups is 1. The van der Waals surface area contributed by atoms with Gasteiger partial charge in [-0.2, -0.15) is 0 Å². The number of carbonyl (C=O) groups is 1. The van der Waals surface area contributed by atoms with Crippen LogP contribution in [0.3, 0.4) is 0 Å². The molecule has 0 unspecified atom stereocenters. The summed E-state index contributed by atoms with van der Waals surface area (Å²) in [4.78, 5) is 19.0. The molecule has 3 nitrogen and oxygen atoms in total. The number of hydrogen-bond donors (Lipinski definition) is 1. The van der Waals surface area contributed by atoms with Crippen LogP contribution in [0.5, 0.6) is 0 Å². The Hall–Kier alpha value is -1.68. The Bertz CT molecular complexity index is 482. The van der Waals surface area contributed by atoms with E-state index in [0.717, 1.165) is 11.1 Å². The zero-order chi connectivity index (χ0) is 11.4. The minimum absolute atomic E-state index is 0.165. The van der Waals surface area contributed by atoms with Crippen molar-refractivity contribution >= 4 is 17.7 Å². The zero-order valence-electron chi connectivity index (χ0n) is 8.50. The Morgan fingerprint density at radius 1 is 1.06 bits per heavy atom. The molecule has 0 bridgehead atoms. The van der Waals surface area contributed by atoms with Crippen LogP contribution in [0.1, 0.15) is 5.82 Å².